The van der Waals surface area contributed by atoms with Gasteiger partial charge in [-0.25, -0.2) is 4.98 Å². The Bertz CT molecular complexity index is 2460. The number of amides is 4. The molecule has 0 radical (unpaired) electrons. The van der Waals surface area contributed by atoms with E-state index in [-0.39, 0.29) is 49.2 Å². The van der Waals surface area contributed by atoms with Crippen molar-refractivity contribution < 1.29 is 33.8 Å². The normalized spacial score (nSPS) is 17.8. The molecule has 2 aliphatic heterocycles. The molecule has 5 N–H and O–H groups in total. The molecule has 4 atom stereocenters. The smallest absolute Gasteiger partial charge is 0.274 e. The molecule has 17 nitrogen and oxygen atoms in total. The third kappa shape index (κ3) is 10.4. The van der Waals surface area contributed by atoms with Crippen molar-refractivity contribution >= 4 is 35.0 Å². The van der Waals surface area contributed by atoms with Gasteiger partial charge in [-0.2, -0.15) is 10.2 Å². The summed E-state index contributed by atoms with van der Waals surface area (Å²) in [5, 5.41) is 30.6. The minimum atomic E-state index is -0.975. The number of benzene rings is 2. The first kappa shape index (κ1) is 45.4. The van der Waals surface area contributed by atoms with Gasteiger partial charge in [0.25, 0.3) is 5.91 Å². The summed E-state index contributed by atoms with van der Waals surface area (Å²) >= 11 is 0. The predicted octanol–water partition coefficient (Wildman–Crippen LogP) is 4.80. The number of carbonyl (C=O) groups is 4. The number of ether oxygens (including phenoxy) is 2. The van der Waals surface area contributed by atoms with Crippen LogP contribution in [0.15, 0.2) is 79.1 Å². The second-order valence-corrected chi connectivity index (χ2v) is 17.6. The maximum Gasteiger partial charge on any atom is 0.274 e. The number of pyridine rings is 1. The van der Waals surface area contributed by atoms with Crippen LogP contribution in [0.1, 0.15) is 74.6 Å². The van der Waals surface area contributed by atoms with Gasteiger partial charge in [0.2, 0.25) is 17.7 Å². The van der Waals surface area contributed by atoms with Gasteiger partial charge in [0, 0.05) is 62.8 Å². The predicted molar refractivity (Wildman–Crippen MR) is 241 cm³/mol. The SMILES string of the molecule is COc1cc(N2CCC(OCC(=O)N[C@H](C(=O)N3C[C@H](O)C[C@H]3C(=O)N[C@H](C)c3ccc(-c4ccnn4C)c(C)c3)C(C)(C)C)CC2)ccc1NC(=O)c1cccc(-c2ccn[nH]2)n1. The Morgan fingerprint density at radius 1 is 0.984 bits per heavy atom. The maximum atomic E-state index is 14.2. The average Bonchev–Trinajstić information content (AvgIpc) is 4.07. The topological polar surface area (TPSA) is 209 Å². The monoisotopic (exact) mass is 874 g/mol. The van der Waals surface area contributed by atoms with Crippen LogP contribution in [-0.4, -0.2) is 116 Å². The quantitative estimate of drug-likeness (QED) is 0.102. The second-order valence-electron chi connectivity index (χ2n) is 17.6. The molecule has 338 valence electrons. The van der Waals surface area contributed by atoms with Crippen molar-refractivity contribution in [1.29, 1.82) is 0 Å². The minimum Gasteiger partial charge on any atom is -0.494 e. The number of β-amino-alcohol motifs (C(OH)–C–C–N with tert-alkyl or cyclic N) is 1. The molecule has 0 aliphatic carbocycles. The molecule has 4 amide bonds. The van der Waals surface area contributed by atoms with E-state index in [1.807, 2.05) is 82.7 Å². The van der Waals surface area contributed by atoms with Crippen LogP contribution in [0.3, 0.4) is 0 Å². The number of carbonyl (C=O) groups excluding carboxylic acids is 4. The number of methoxy groups -OCH3 is 1. The van der Waals surface area contributed by atoms with Gasteiger partial charge in [-0.1, -0.05) is 45.0 Å². The van der Waals surface area contributed by atoms with Gasteiger partial charge < -0.3 is 40.3 Å². The zero-order valence-corrected chi connectivity index (χ0v) is 37.4. The molecule has 2 fully saturated rings. The molecule has 2 saturated heterocycles. The number of anilines is 2. The van der Waals surface area contributed by atoms with Crippen molar-refractivity contribution in [3.8, 4) is 28.4 Å². The lowest BCUT2D eigenvalue weighted by atomic mass is 9.85. The van der Waals surface area contributed by atoms with E-state index >= 15 is 0 Å². The van der Waals surface area contributed by atoms with Crippen LogP contribution >= 0.6 is 0 Å². The lowest BCUT2D eigenvalue weighted by molar-refractivity contribution is -0.145. The first-order valence-corrected chi connectivity index (χ1v) is 21.6. The molecular formula is C47H58N10O7. The summed E-state index contributed by atoms with van der Waals surface area (Å²) in [6.07, 6.45) is 3.70. The van der Waals surface area contributed by atoms with Crippen molar-refractivity contribution in [2.45, 2.75) is 84.2 Å². The van der Waals surface area contributed by atoms with Gasteiger partial charge in [-0.3, -0.25) is 29.0 Å². The number of piperidine rings is 1. The highest BCUT2D eigenvalue weighted by molar-refractivity contribution is 6.04. The largest absolute Gasteiger partial charge is 0.494 e. The number of aliphatic hydroxyl groups excluding tert-OH is 1. The van der Waals surface area contributed by atoms with E-state index in [0.717, 1.165) is 28.1 Å². The molecule has 5 aromatic rings. The molecule has 17 heteroatoms. The first-order chi connectivity index (χ1) is 30.6. The number of nitrogens with zero attached hydrogens (tertiary/aromatic N) is 6. The lowest BCUT2D eigenvalue weighted by Gasteiger charge is -2.36. The van der Waals surface area contributed by atoms with E-state index < -0.39 is 35.4 Å². The summed E-state index contributed by atoms with van der Waals surface area (Å²) in [6.45, 7) is 10.5. The van der Waals surface area contributed by atoms with Crippen LogP contribution in [-0.2, 0) is 26.2 Å². The molecule has 2 aliphatic rings. The zero-order valence-electron chi connectivity index (χ0n) is 37.4. The Morgan fingerprint density at radius 3 is 2.44 bits per heavy atom. The number of hydrogen-bond acceptors (Lipinski definition) is 11. The van der Waals surface area contributed by atoms with Crippen LogP contribution in [0, 0.1) is 12.3 Å². The number of aliphatic hydroxyl groups is 1. The summed E-state index contributed by atoms with van der Waals surface area (Å²) < 4.78 is 13.5. The Hall–Kier alpha value is -6.59. The highest BCUT2D eigenvalue weighted by Gasteiger charge is 2.45. The van der Waals surface area contributed by atoms with Crippen molar-refractivity contribution in [2.75, 3.05) is 43.6 Å². The van der Waals surface area contributed by atoms with E-state index in [9.17, 15) is 24.3 Å². The number of H-pyrrole nitrogens is 1. The van der Waals surface area contributed by atoms with Gasteiger partial charge in [0.1, 0.15) is 30.1 Å². The van der Waals surface area contributed by atoms with Gasteiger partial charge in [0.05, 0.1) is 48.1 Å². The Labute approximate surface area is 372 Å². The van der Waals surface area contributed by atoms with E-state index in [4.69, 9.17) is 9.47 Å². The third-order valence-electron chi connectivity index (χ3n) is 11.9. The second kappa shape index (κ2) is 19.4. The van der Waals surface area contributed by atoms with Crippen molar-refractivity contribution in [3.05, 3.63) is 95.9 Å². The maximum absolute atomic E-state index is 14.2. The Morgan fingerprint density at radius 2 is 1.77 bits per heavy atom. The molecule has 0 bridgehead atoms. The van der Waals surface area contributed by atoms with Crippen LogP contribution < -0.4 is 25.6 Å². The summed E-state index contributed by atoms with van der Waals surface area (Å²) in [7, 11) is 3.44. The number of likely N-dealkylation sites (tertiary alicyclic amines) is 1. The fourth-order valence-electron chi connectivity index (χ4n) is 8.35. The van der Waals surface area contributed by atoms with Crippen molar-refractivity contribution in [3.63, 3.8) is 0 Å². The molecule has 7 rings (SSSR count). The molecule has 2 aromatic carbocycles. The zero-order chi connectivity index (χ0) is 45.7. The van der Waals surface area contributed by atoms with Gasteiger partial charge in [-0.05, 0) is 79.6 Å². The number of hydrogen-bond donors (Lipinski definition) is 5. The van der Waals surface area contributed by atoms with Crippen LogP contribution in [0.4, 0.5) is 11.4 Å². The number of rotatable bonds is 14. The fourth-order valence-corrected chi connectivity index (χ4v) is 8.35. The lowest BCUT2D eigenvalue weighted by Crippen LogP contribution is -2.58. The summed E-state index contributed by atoms with van der Waals surface area (Å²) in [6, 6.07) is 18.3. The summed E-state index contributed by atoms with van der Waals surface area (Å²) in [5.74, 6) is -1.14. The van der Waals surface area contributed by atoms with E-state index in [2.05, 4.69) is 41.1 Å². The molecule has 5 heterocycles. The van der Waals surface area contributed by atoms with Gasteiger partial charge >= 0.3 is 0 Å². The van der Waals surface area contributed by atoms with Gasteiger partial charge in [0.15, 0.2) is 0 Å². The fraction of sp³-hybridized carbons (Fsp3) is 0.426. The Kier molecular flexibility index (Phi) is 13.8. The summed E-state index contributed by atoms with van der Waals surface area (Å²) in [5.41, 5.74) is 6.21. The molecular weight excluding hydrogens is 817 g/mol. The van der Waals surface area contributed by atoms with Crippen LogP contribution in [0.5, 0.6) is 5.75 Å². The van der Waals surface area contributed by atoms with Crippen LogP contribution in [0.25, 0.3) is 22.6 Å². The average molecular weight is 875 g/mol. The summed E-state index contributed by atoms with van der Waals surface area (Å²) in [4.78, 5) is 62.6. The number of aromatic amines is 1. The first-order valence-electron chi connectivity index (χ1n) is 21.6. The van der Waals surface area contributed by atoms with E-state index in [1.165, 1.54) is 4.90 Å². The molecule has 0 spiro atoms. The Balaban J connectivity index is 0.903. The number of aryl methyl sites for hydroxylation is 2. The van der Waals surface area contributed by atoms with Crippen molar-refractivity contribution in [2.24, 2.45) is 12.5 Å². The van der Waals surface area contributed by atoms with Crippen molar-refractivity contribution in [1.82, 2.24) is 40.5 Å². The highest BCUT2D eigenvalue weighted by atomic mass is 16.5. The number of nitrogens with one attached hydrogen (secondary N) is 4. The molecule has 0 unspecified atom stereocenters. The minimum absolute atomic E-state index is 0.0240. The molecule has 0 saturated carbocycles. The third-order valence-corrected chi connectivity index (χ3v) is 11.9. The molecule has 64 heavy (non-hydrogen) atoms. The van der Waals surface area contributed by atoms with E-state index in [1.54, 1.807) is 49.8 Å². The number of aromatic nitrogens is 5. The highest BCUT2D eigenvalue weighted by Crippen LogP contribution is 2.33. The standard InChI is InChI=1S/C47H58N10O7/c1-28-23-30(11-13-34(28)39-16-20-49-55(39)6)29(2)50-45(61)40-25-32(58)26-57(40)46(62)43(47(3,4)5)53-42(59)27-64-33-17-21-56(22-18-33)31-12-14-37(41(24-31)63-7)52-44(60)38-10-8-9-35(51-38)36-15-19-48-54-36/h8-16,19-20,23-24,29,32-33,40,43,58H,17-18,21-22,25-27H2,1-7H3,(H,48,54)(H,50,61)(H,52,60)(H,53,59)/t29-,32-,40+,43-/m1/s1. The molecule has 3 aromatic heterocycles. The van der Waals surface area contributed by atoms with Gasteiger partial charge in [-0.15, -0.1) is 0 Å². The van der Waals surface area contributed by atoms with E-state index in [0.29, 0.717) is 48.8 Å². The van der Waals surface area contributed by atoms with Crippen LogP contribution in [0.2, 0.25) is 0 Å².